The van der Waals surface area contributed by atoms with Crippen LogP contribution in [0.2, 0.25) is 0 Å². The monoisotopic (exact) mass is 306 g/mol. The molecule has 1 aliphatic rings. The minimum absolute atomic E-state index is 0.163. The van der Waals surface area contributed by atoms with Crippen molar-refractivity contribution >= 4 is 28.6 Å². The van der Waals surface area contributed by atoms with Crippen LogP contribution < -0.4 is 10.6 Å². The molecule has 0 bridgehead atoms. The molecule has 0 aromatic carbocycles. The summed E-state index contributed by atoms with van der Waals surface area (Å²) in [5.74, 6) is 0.163. The van der Waals surface area contributed by atoms with Crippen LogP contribution in [0.5, 0.6) is 0 Å². The number of rotatable bonds is 7. The van der Waals surface area contributed by atoms with Crippen molar-refractivity contribution in [1.82, 2.24) is 10.6 Å². The van der Waals surface area contributed by atoms with E-state index >= 15 is 0 Å². The van der Waals surface area contributed by atoms with Crippen LogP contribution >= 0.6 is 22.7 Å². The van der Waals surface area contributed by atoms with Crippen LogP contribution in [0.4, 0.5) is 0 Å². The van der Waals surface area contributed by atoms with Crippen molar-refractivity contribution in [1.29, 1.82) is 0 Å². The molecule has 2 aromatic rings. The zero-order valence-electron chi connectivity index (χ0n) is 11.2. The molecular weight excluding hydrogens is 288 g/mol. The molecule has 3 rings (SSSR count). The lowest BCUT2D eigenvalue weighted by molar-refractivity contribution is -0.121. The molecule has 0 unspecified atom stereocenters. The molecular formula is C15H18N2OS2. The van der Waals surface area contributed by atoms with Gasteiger partial charge in [-0.15, -0.1) is 22.7 Å². The van der Waals surface area contributed by atoms with Gasteiger partial charge in [-0.1, -0.05) is 12.1 Å². The first-order valence-electron chi connectivity index (χ1n) is 6.92. The predicted molar refractivity (Wildman–Crippen MR) is 84.3 cm³/mol. The summed E-state index contributed by atoms with van der Waals surface area (Å²) >= 11 is 3.50. The highest BCUT2D eigenvalue weighted by atomic mass is 32.1. The third-order valence-corrected chi connectivity index (χ3v) is 5.17. The highest BCUT2D eigenvalue weighted by Gasteiger charge is 2.23. The first-order chi connectivity index (χ1) is 9.83. The lowest BCUT2D eigenvalue weighted by Crippen LogP contribution is -2.30. The van der Waals surface area contributed by atoms with Gasteiger partial charge in [-0.05, 0) is 35.7 Å². The Kier molecular flexibility index (Phi) is 4.50. The Morgan fingerprint density at radius 1 is 1.20 bits per heavy atom. The Labute approximate surface area is 127 Å². The lowest BCUT2D eigenvalue weighted by Gasteiger charge is -2.16. The zero-order chi connectivity index (χ0) is 13.8. The number of amides is 1. The molecule has 0 atom stereocenters. The maximum absolute atomic E-state index is 11.7. The van der Waals surface area contributed by atoms with E-state index < -0.39 is 0 Å². The average molecular weight is 306 g/mol. The number of carbonyl (C=O) groups is 1. The van der Waals surface area contributed by atoms with Crippen LogP contribution in [0, 0.1) is 0 Å². The van der Waals surface area contributed by atoms with Gasteiger partial charge in [0.15, 0.2) is 0 Å². The molecule has 3 nitrogen and oxygen atoms in total. The normalized spacial score (nSPS) is 14.7. The van der Waals surface area contributed by atoms with E-state index in [9.17, 15) is 4.79 Å². The van der Waals surface area contributed by atoms with Gasteiger partial charge in [0.1, 0.15) is 0 Å². The quantitative estimate of drug-likeness (QED) is 0.825. The van der Waals surface area contributed by atoms with Gasteiger partial charge in [-0.25, -0.2) is 0 Å². The Morgan fingerprint density at radius 2 is 1.85 bits per heavy atom. The fraction of sp³-hybridized carbons (Fsp3) is 0.400. The van der Waals surface area contributed by atoms with Gasteiger partial charge in [0.05, 0.1) is 6.04 Å². The van der Waals surface area contributed by atoms with Crippen LogP contribution in [0.1, 0.15) is 35.1 Å². The van der Waals surface area contributed by atoms with Gasteiger partial charge in [0, 0.05) is 28.8 Å². The van der Waals surface area contributed by atoms with Gasteiger partial charge in [0.25, 0.3) is 0 Å². The second-order valence-electron chi connectivity index (χ2n) is 5.01. The van der Waals surface area contributed by atoms with Crippen molar-refractivity contribution in [2.75, 3.05) is 6.54 Å². The third-order valence-electron chi connectivity index (χ3n) is 3.30. The van der Waals surface area contributed by atoms with Gasteiger partial charge >= 0.3 is 0 Å². The molecule has 0 saturated heterocycles. The van der Waals surface area contributed by atoms with Crippen molar-refractivity contribution < 1.29 is 4.79 Å². The summed E-state index contributed by atoms with van der Waals surface area (Å²) in [7, 11) is 0. The smallest absolute Gasteiger partial charge is 0.221 e. The summed E-state index contributed by atoms with van der Waals surface area (Å²) in [5.41, 5.74) is 0. The molecule has 0 radical (unpaired) electrons. The highest BCUT2D eigenvalue weighted by molar-refractivity contribution is 7.11. The highest BCUT2D eigenvalue weighted by Crippen LogP contribution is 2.29. The fourth-order valence-corrected chi connectivity index (χ4v) is 3.82. The lowest BCUT2D eigenvalue weighted by atomic mass is 10.2. The maximum Gasteiger partial charge on any atom is 0.221 e. The Balaban J connectivity index is 1.55. The first kappa shape index (κ1) is 13.8. The summed E-state index contributed by atoms with van der Waals surface area (Å²) in [6, 6.07) is 9.10. The summed E-state index contributed by atoms with van der Waals surface area (Å²) in [6.45, 7) is 0.707. The largest absolute Gasteiger partial charge is 0.353 e. The van der Waals surface area contributed by atoms with E-state index in [-0.39, 0.29) is 11.9 Å². The van der Waals surface area contributed by atoms with Gasteiger partial charge in [0.2, 0.25) is 5.91 Å². The number of carbonyl (C=O) groups excluding carboxylic acids is 1. The molecule has 0 spiro atoms. The van der Waals surface area contributed by atoms with Crippen LogP contribution in [0.15, 0.2) is 35.0 Å². The number of hydrogen-bond acceptors (Lipinski definition) is 4. The number of thiophene rings is 2. The minimum Gasteiger partial charge on any atom is -0.353 e. The van der Waals surface area contributed by atoms with Crippen molar-refractivity contribution in [3.8, 4) is 0 Å². The van der Waals surface area contributed by atoms with Crippen molar-refractivity contribution in [2.24, 2.45) is 0 Å². The van der Waals surface area contributed by atoms with Gasteiger partial charge in [-0.3, -0.25) is 4.79 Å². The van der Waals surface area contributed by atoms with E-state index in [1.807, 2.05) is 0 Å². The van der Waals surface area contributed by atoms with E-state index in [0.717, 1.165) is 12.8 Å². The van der Waals surface area contributed by atoms with Crippen LogP contribution in [0.25, 0.3) is 0 Å². The van der Waals surface area contributed by atoms with Crippen LogP contribution in [-0.2, 0) is 4.79 Å². The summed E-state index contributed by atoms with van der Waals surface area (Å²) in [5, 5.41) is 10.7. The van der Waals surface area contributed by atoms with Crippen LogP contribution in [-0.4, -0.2) is 18.5 Å². The molecule has 1 fully saturated rings. The number of nitrogens with one attached hydrogen (secondary N) is 2. The Hall–Kier alpha value is -1.17. The fourth-order valence-electron chi connectivity index (χ4n) is 2.11. The first-order valence-corrected chi connectivity index (χ1v) is 8.68. The molecule has 20 heavy (non-hydrogen) atoms. The van der Waals surface area contributed by atoms with E-state index in [0.29, 0.717) is 19.0 Å². The van der Waals surface area contributed by atoms with Gasteiger partial charge in [-0.2, -0.15) is 0 Å². The van der Waals surface area contributed by atoms with Crippen LogP contribution in [0.3, 0.4) is 0 Å². The number of hydrogen-bond donors (Lipinski definition) is 2. The summed E-state index contributed by atoms with van der Waals surface area (Å²) in [4.78, 5) is 14.3. The second-order valence-corrected chi connectivity index (χ2v) is 6.97. The minimum atomic E-state index is 0.163. The molecule has 2 N–H and O–H groups in total. The molecule has 0 aliphatic heterocycles. The molecule has 1 saturated carbocycles. The molecule has 5 heteroatoms. The standard InChI is InChI=1S/C15H18N2OS2/c18-14(17-11-5-6-11)7-8-16-15(12-3-1-9-19-12)13-4-2-10-20-13/h1-4,9-11,15-16H,5-8H2,(H,17,18). The van der Waals surface area contributed by atoms with Crippen molar-refractivity contribution in [2.45, 2.75) is 31.3 Å². The SMILES string of the molecule is O=C(CCNC(c1cccs1)c1cccs1)NC1CC1. The van der Waals surface area contributed by atoms with E-state index in [1.54, 1.807) is 22.7 Å². The summed E-state index contributed by atoms with van der Waals surface area (Å²) in [6.07, 6.45) is 2.84. The third kappa shape index (κ3) is 3.69. The van der Waals surface area contributed by atoms with E-state index in [4.69, 9.17) is 0 Å². The zero-order valence-corrected chi connectivity index (χ0v) is 12.8. The maximum atomic E-state index is 11.7. The summed E-state index contributed by atoms with van der Waals surface area (Å²) < 4.78 is 0. The van der Waals surface area contributed by atoms with Crippen molar-refractivity contribution in [3.05, 3.63) is 44.8 Å². The second kappa shape index (κ2) is 6.52. The predicted octanol–water partition coefficient (Wildman–Crippen LogP) is 3.16. The molecule has 1 aliphatic carbocycles. The van der Waals surface area contributed by atoms with Gasteiger partial charge < -0.3 is 10.6 Å². The van der Waals surface area contributed by atoms with E-state index in [2.05, 4.69) is 45.7 Å². The molecule has 106 valence electrons. The topological polar surface area (TPSA) is 41.1 Å². The average Bonchev–Trinajstić information content (AvgIpc) is 2.96. The molecule has 2 aromatic heterocycles. The Morgan fingerprint density at radius 3 is 2.35 bits per heavy atom. The van der Waals surface area contributed by atoms with Crippen molar-refractivity contribution in [3.63, 3.8) is 0 Å². The molecule has 1 amide bonds. The van der Waals surface area contributed by atoms with E-state index in [1.165, 1.54) is 9.75 Å². The Bertz CT molecular complexity index is 498. The molecule has 2 heterocycles.